The Morgan fingerprint density at radius 1 is 1.21 bits per heavy atom. The van der Waals surface area contributed by atoms with Gasteiger partial charge in [0.1, 0.15) is 13.2 Å². The molecule has 0 radical (unpaired) electrons. The Morgan fingerprint density at radius 2 is 1.93 bits per heavy atom. The number of benzene rings is 1. The molecule has 150 valence electrons. The van der Waals surface area contributed by atoms with Crippen molar-refractivity contribution in [3.8, 4) is 11.5 Å². The van der Waals surface area contributed by atoms with Crippen molar-refractivity contribution in [3.63, 3.8) is 0 Å². The van der Waals surface area contributed by atoms with Crippen LogP contribution >= 0.6 is 0 Å². The molecule has 0 unspecified atom stereocenters. The highest BCUT2D eigenvalue weighted by molar-refractivity contribution is 7.89. The molecule has 0 saturated carbocycles. The highest BCUT2D eigenvalue weighted by Crippen LogP contribution is 2.36. The minimum absolute atomic E-state index is 0.0395. The summed E-state index contributed by atoms with van der Waals surface area (Å²) in [5.74, 6) is 0.111. The summed E-state index contributed by atoms with van der Waals surface area (Å²) < 4.78 is 40.5. The van der Waals surface area contributed by atoms with Gasteiger partial charge in [-0.05, 0) is 12.1 Å². The van der Waals surface area contributed by atoms with Crippen LogP contribution in [-0.4, -0.2) is 67.2 Å². The number of likely N-dealkylation sites (N-methyl/N-ethyl adjacent to an activating group) is 1. The van der Waals surface area contributed by atoms with E-state index in [1.165, 1.54) is 21.3 Å². The number of hydrogen-bond donors (Lipinski definition) is 0. The SMILES string of the molecule is CN(C)C(=O)[C@@H]1CN(S(=O)(=O)c2ccc3c(c2)OCCO3)Cc2cn(C)nc21. The summed E-state index contributed by atoms with van der Waals surface area (Å²) in [5.41, 5.74) is 1.37. The third-order valence-corrected chi connectivity index (χ3v) is 6.70. The van der Waals surface area contributed by atoms with E-state index in [0.717, 1.165) is 5.56 Å². The van der Waals surface area contributed by atoms with E-state index in [2.05, 4.69) is 5.10 Å². The smallest absolute Gasteiger partial charge is 0.243 e. The lowest BCUT2D eigenvalue weighted by Crippen LogP contribution is -2.43. The van der Waals surface area contributed by atoms with Crippen LogP contribution in [0.3, 0.4) is 0 Å². The summed E-state index contributed by atoms with van der Waals surface area (Å²) in [4.78, 5) is 14.3. The predicted molar refractivity (Wildman–Crippen MR) is 99.7 cm³/mol. The van der Waals surface area contributed by atoms with Crippen molar-refractivity contribution < 1.29 is 22.7 Å². The summed E-state index contributed by atoms with van der Waals surface area (Å²) in [6.07, 6.45) is 1.76. The Morgan fingerprint density at radius 3 is 2.64 bits per heavy atom. The normalized spacial score (nSPS) is 19.2. The van der Waals surface area contributed by atoms with E-state index in [1.54, 1.807) is 38.1 Å². The first-order valence-corrected chi connectivity index (χ1v) is 10.3. The largest absolute Gasteiger partial charge is 0.486 e. The Kier molecular flexibility index (Phi) is 4.54. The molecule has 28 heavy (non-hydrogen) atoms. The zero-order chi connectivity index (χ0) is 20.1. The van der Waals surface area contributed by atoms with E-state index < -0.39 is 15.9 Å². The predicted octanol–water partition coefficient (Wildman–Crippen LogP) is 0.568. The Bertz CT molecular complexity index is 1030. The van der Waals surface area contributed by atoms with Gasteiger partial charge < -0.3 is 14.4 Å². The summed E-state index contributed by atoms with van der Waals surface area (Å²) in [6.45, 7) is 1.01. The molecule has 1 aromatic heterocycles. The van der Waals surface area contributed by atoms with Crippen molar-refractivity contribution >= 4 is 15.9 Å². The molecule has 2 aliphatic heterocycles. The number of fused-ring (bicyclic) bond motifs is 2. The van der Waals surface area contributed by atoms with Crippen LogP contribution in [0.1, 0.15) is 17.2 Å². The van der Waals surface area contributed by atoms with Gasteiger partial charge in [-0.15, -0.1) is 0 Å². The average molecular weight is 406 g/mol. The van der Waals surface area contributed by atoms with Gasteiger partial charge in [-0.2, -0.15) is 9.40 Å². The van der Waals surface area contributed by atoms with Gasteiger partial charge in [-0.25, -0.2) is 8.42 Å². The van der Waals surface area contributed by atoms with Gasteiger partial charge in [0.05, 0.1) is 16.5 Å². The van der Waals surface area contributed by atoms with E-state index in [1.807, 2.05) is 0 Å². The number of rotatable bonds is 3. The van der Waals surface area contributed by atoms with E-state index >= 15 is 0 Å². The number of nitrogens with zero attached hydrogens (tertiary/aromatic N) is 4. The summed E-state index contributed by atoms with van der Waals surface area (Å²) >= 11 is 0. The number of hydrogen-bond acceptors (Lipinski definition) is 6. The minimum atomic E-state index is -3.83. The average Bonchev–Trinajstić information content (AvgIpc) is 3.06. The van der Waals surface area contributed by atoms with Crippen LogP contribution in [0.25, 0.3) is 0 Å². The number of aromatic nitrogens is 2. The van der Waals surface area contributed by atoms with Crippen LogP contribution in [0.4, 0.5) is 0 Å². The molecular formula is C18H22N4O5S. The van der Waals surface area contributed by atoms with Crippen LogP contribution in [0, 0.1) is 0 Å². The van der Waals surface area contributed by atoms with Crippen molar-refractivity contribution in [3.05, 3.63) is 35.7 Å². The first kappa shape index (κ1) is 18.8. The molecule has 1 amide bonds. The lowest BCUT2D eigenvalue weighted by molar-refractivity contribution is -0.130. The lowest BCUT2D eigenvalue weighted by atomic mass is 9.97. The van der Waals surface area contributed by atoms with Crippen LogP contribution in [-0.2, 0) is 28.4 Å². The second-order valence-corrected chi connectivity index (χ2v) is 9.04. The van der Waals surface area contributed by atoms with Crippen LogP contribution in [0.2, 0.25) is 0 Å². The Labute approximate surface area is 163 Å². The second-order valence-electron chi connectivity index (χ2n) is 7.10. The molecule has 0 saturated heterocycles. The van der Waals surface area contributed by atoms with Gasteiger partial charge >= 0.3 is 0 Å². The maximum atomic E-state index is 13.3. The molecule has 1 aromatic carbocycles. The molecule has 4 rings (SSSR count). The third-order valence-electron chi connectivity index (χ3n) is 4.89. The number of amides is 1. The van der Waals surface area contributed by atoms with E-state index in [9.17, 15) is 13.2 Å². The van der Waals surface area contributed by atoms with E-state index in [-0.39, 0.29) is 23.9 Å². The number of aryl methyl sites for hydroxylation is 1. The molecule has 9 nitrogen and oxygen atoms in total. The monoisotopic (exact) mass is 406 g/mol. The molecule has 0 N–H and O–H groups in total. The van der Waals surface area contributed by atoms with Crippen LogP contribution < -0.4 is 9.47 Å². The van der Waals surface area contributed by atoms with Crippen molar-refractivity contribution in [1.82, 2.24) is 19.0 Å². The highest BCUT2D eigenvalue weighted by Gasteiger charge is 2.39. The number of ether oxygens (including phenoxy) is 2. The van der Waals surface area contributed by atoms with Crippen molar-refractivity contribution in [2.24, 2.45) is 7.05 Å². The minimum Gasteiger partial charge on any atom is -0.486 e. The number of carbonyl (C=O) groups is 1. The molecule has 0 bridgehead atoms. The molecule has 3 heterocycles. The van der Waals surface area contributed by atoms with Gasteiger partial charge in [-0.1, -0.05) is 0 Å². The summed E-state index contributed by atoms with van der Waals surface area (Å²) in [6, 6.07) is 4.58. The van der Waals surface area contributed by atoms with Crippen LogP contribution in [0.5, 0.6) is 11.5 Å². The molecule has 10 heteroatoms. The fourth-order valence-electron chi connectivity index (χ4n) is 3.54. The highest BCUT2D eigenvalue weighted by atomic mass is 32.2. The molecule has 1 atom stereocenters. The van der Waals surface area contributed by atoms with Gasteiger partial charge in [0.2, 0.25) is 15.9 Å². The van der Waals surface area contributed by atoms with Crippen molar-refractivity contribution in [2.45, 2.75) is 17.4 Å². The van der Waals surface area contributed by atoms with Crippen molar-refractivity contribution in [2.75, 3.05) is 33.9 Å². The Balaban J connectivity index is 1.71. The first-order chi connectivity index (χ1) is 13.3. The van der Waals surface area contributed by atoms with Gasteiger partial charge in [-0.3, -0.25) is 9.48 Å². The topological polar surface area (TPSA) is 94.0 Å². The second kappa shape index (κ2) is 6.78. The molecule has 0 aliphatic carbocycles. The van der Waals surface area contributed by atoms with Crippen LogP contribution in [0.15, 0.2) is 29.3 Å². The standard InChI is InChI=1S/C18H22N4O5S/c1-20(2)18(23)14-11-22(10-12-9-21(3)19-17(12)14)28(24,25)13-4-5-15-16(8-13)27-7-6-26-15/h4-5,8-9,14H,6-7,10-11H2,1-3H3/t14-/m1/s1. The summed E-state index contributed by atoms with van der Waals surface area (Å²) in [7, 11) is 1.23. The Hall–Kier alpha value is -2.59. The van der Waals surface area contributed by atoms with E-state index in [4.69, 9.17) is 9.47 Å². The van der Waals surface area contributed by atoms with Crippen molar-refractivity contribution in [1.29, 1.82) is 0 Å². The molecule has 2 aromatic rings. The maximum absolute atomic E-state index is 13.3. The van der Waals surface area contributed by atoms with Gasteiger partial charge in [0, 0.05) is 52.1 Å². The van der Waals surface area contributed by atoms with Gasteiger partial charge in [0.25, 0.3) is 0 Å². The van der Waals surface area contributed by atoms with E-state index in [0.29, 0.717) is 30.4 Å². The first-order valence-electron chi connectivity index (χ1n) is 8.91. The number of sulfonamides is 1. The third kappa shape index (κ3) is 3.12. The lowest BCUT2D eigenvalue weighted by Gasteiger charge is -2.32. The fourth-order valence-corrected chi connectivity index (χ4v) is 4.99. The molecule has 0 spiro atoms. The van der Waals surface area contributed by atoms with Gasteiger partial charge in [0.15, 0.2) is 11.5 Å². The molecular weight excluding hydrogens is 384 g/mol. The maximum Gasteiger partial charge on any atom is 0.243 e. The zero-order valence-corrected chi connectivity index (χ0v) is 16.8. The zero-order valence-electron chi connectivity index (χ0n) is 16.0. The number of carbonyl (C=O) groups excluding carboxylic acids is 1. The summed E-state index contributed by atoms with van der Waals surface area (Å²) in [5, 5.41) is 4.39. The molecule has 0 fully saturated rings. The fraction of sp³-hybridized carbons (Fsp3) is 0.444. The quantitative estimate of drug-likeness (QED) is 0.740. The molecule has 2 aliphatic rings.